The zero-order valence-electron chi connectivity index (χ0n) is 13.1. The number of benzene rings is 1. The van der Waals surface area contributed by atoms with Gasteiger partial charge in [-0.05, 0) is 32.4 Å². The summed E-state index contributed by atoms with van der Waals surface area (Å²) in [6.07, 6.45) is 4.43. The van der Waals surface area contributed by atoms with Crippen molar-refractivity contribution in [2.75, 3.05) is 5.32 Å². The monoisotopic (exact) mass is 310 g/mol. The molecule has 0 atom stereocenters. The van der Waals surface area contributed by atoms with Crippen molar-refractivity contribution in [3.63, 3.8) is 0 Å². The Bertz CT molecular complexity index is 786. The van der Waals surface area contributed by atoms with Gasteiger partial charge in [-0.25, -0.2) is 4.98 Å². The molecule has 1 amide bonds. The van der Waals surface area contributed by atoms with E-state index in [9.17, 15) is 4.79 Å². The quantitative estimate of drug-likeness (QED) is 0.786. The summed E-state index contributed by atoms with van der Waals surface area (Å²) in [5.41, 5.74) is 2.78. The summed E-state index contributed by atoms with van der Waals surface area (Å²) in [5, 5.41) is 6.75. The van der Waals surface area contributed by atoms with Crippen LogP contribution in [0.25, 0.3) is 5.69 Å². The number of amides is 1. The van der Waals surface area contributed by atoms with Gasteiger partial charge in [0.2, 0.25) is 11.9 Å². The van der Waals surface area contributed by atoms with E-state index in [1.54, 1.807) is 6.20 Å². The van der Waals surface area contributed by atoms with Crippen molar-refractivity contribution in [1.29, 1.82) is 0 Å². The van der Waals surface area contributed by atoms with Crippen LogP contribution in [0.2, 0.25) is 0 Å². The lowest BCUT2D eigenvalue weighted by Gasteiger charge is -2.08. The third-order valence-corrected chi connectivity index (χ3v) is 3.71. The minimum absolute atomic E-state index is 0.0895. The molecule has 3 aromatic rings. The number of para-hydroxylation sites is 1. The molecule has 0 saturated carbocycles. The third-order valence-electron chi connectivity index (χ3n) is 3.71. The maximum atomic E-state index is 12.2. The zero-order chi connectivity index (χ0) is 16.2. The number of imidazole rings is 1. The van der Waals surface area contributed by atoms with E-state index in [4.69, 9.17) is 4.52 Å². The van der Waals surface area contributed by atoms with E-state index in [1.807, 2.05) is 54.9 Å². The number of aryl methyl sites for hydroxylation is 2. The Labute approximate surface area is 134 Å². The van der Waals surface area contributed by atoms with Gasteiger partial charge in [-0.15, -0.1) is 0 Å². The Morgan fingerprint density at radius 2 is 2.04 bits per heavy atom. The van der Waals surface area contributed by atoms with E-state index >= 15 is 0 Å². The number of rotatable bonds is 5. The van der Waals surface area contributed by atoms with E-state index in [0.29, 0.717) is 18.8 Å². The van der Waals surface area contributed by atoms with Crippen LogP contribution in [0.3, 0.4) is 0 Å². The van der Waals surface area contributed by atoms with Gasteiger partial charge in [0.05, 0.1) is 5.69 Å². The van der Waals surface area contributed by atoms with Crippen molar-refractivity contribution in [2.24, 2.45) is 0 Å². The number of nitrogens with one attached hydrogen (secondary N) is 1. The van der Waals surface area contributed by atoms with E-state index in [2.05, 4.69) is 15.5 Å². The van der Waals surface area contributed by atoms with Crippen LogP contribution in [-0.2, 0) is 11.2 Å². The predicted octanol–water partition coefficient (Wildman–Crippen LogP) is 3.05. The molecular formula is C17H18N4O2. The molecule has 0 unspecified atom stereocenters. The fourth-order valence-electron chi connectivity index (χ4n) is 2.48. The lowest BCUT2D eigenvalue weighted by atomic mass is 10.1. The molecule has 23 heavy (non-hydrogen) atoms. The Hall–Kier alpha value is -2.89. The minimum Gasteiger partial charge on any atom is -0.361 e. The molecule has 0 fully saturated rings. The summed E-state index contributed by atoms with van der Waals surface area (Å²) >= 11 is 0. The molecule has 118 valence electrons. The number of hydrogen-bond acceptors (Lipinski definition) is 4. The van der Waals surface area contributed by atoms with Crippen LogP contribution in [0, 0.1) is 13.8 Å². The first-order chi connectivity index (χ1) is 11.1. The van der Waals surface area contributed by atoms with Gasteiger partial charge in [-0.1, -0.05) is 23.4 Å². The molecule has 0 spiro atoms. The fourth-order valence-corrected chi connectivity index (χ4v) is 2.48. The number of nitrogens with zero attached hydrogens (tertiary/aromatic N) is 3. The van der Waals surface area contributed by atoms with Crippen molar-refractivity contribution < 1.29 is 9.32 Å². The lowest BCUT2D eigenvalue weighted by Crippen LogP contribution is -2.16. The predicted molar refractivity (Wildman–Crippen MR) is 86.5 cm³/mol. The second kappa shape index (κ2) is 6.48. The average Bonchev–Trinajstić information content (AvgIpc) is 3.13. The molecule has 0 saturated heterocycles. The standard InChI is InChI=1S/C17H18N4O2/c1-12-15(13(2)23-20-12)8-9-16(22)19-17-18-10-11-21(17)14-6-4-3-5-7-14/h3-7,10-11H,8-9H2,1-2H3,(H,18,19,22). The second-order valence-corrected chi connectivity index (χ2v) is 5.31. The Morgan fingerprint density at radius 1 is 1.26 bits per heavy atom. The van der Waals surface area contributed by atoms with Crippen LogP contribution in [0.5, 0.6) is 0 Å². The normalized spacial score (nSPS) is 10.7. The maximum absolute atomic E-state index is 12.2. The molecule has 2 aromatic heterocycles. The summed E-state index contributed by atoms with van der Waals surface area (Å²) in [7, 11) is 0. The molecule has 0 aliphatic rings. The first-order valence-corrected chi connectivity index (χ1v) is 7.45. The van der Waals surface area contributed by atoms with E-state index in [-0.39, 0.29) is 5.91 Å². The molecule has 6 heteroatoms. The number of carbonyl (C=O) groups excluding carboxylic acids is 1. The lowest BCUT2D eigenvalue weighted by molar-refractivity contribution is -0.116. The molecule has 6 nitrogen and oxygen atoms in total. The molecular weight excluding hydrogens is 292 g/mol. The maximum Gasteiger partial charge on any atom is 0.227 e. The summed E-state index contributed by atoms with van der Waals surface area (Å²) in [6, 6.07) is 9.75. The zero-order valence-corrected chi connectivity index (χ0v) is 13.1. The van der Waals surface area contributed by atoms with E-state index < -0.39 is 0 Å². The summed E-state index contributed by atoms with van der Waals surface area (Å²) in [4.78, 5) is 16.4. The van der Waals surface area contributed by atoms with Crippen LogP contribution in [0.15, 0.2) is 47.2 Å². The number of carbonyl (C=O) groups is 1. The highest BCUT2D eigenvalue weighted by molar-refractivity contribution is 5.89. The smallest absolute Gasteiger partial charge is 0.227 e. The molecule has 2 heterocycles. The largest absolute Gasteiger partial charge is 0.361 e. The van der Waals surface area contributed by atoms with Crippen molar-refractivity contribution in [1.82, 2.24) is 14.7 Å². The Kier molecular flexibility index (Phi) is 4.23. The highest BCUT2D eigenvalue weighted by Crippen LogP contribution is 2.16. The van der Waals surface area contributed by atoms with Crippen molar-refractivity contribution >= 4 is 11.9 Å². The topological polar surface area (TPSA) is 73.0 Å². The molecule has 1 N–H and O–H groups in total. The molecule has 0 bridgehead atoms. The van der Waals surface area contributed by atoms with Crippen molar-refractivity contribution in [2.45, 2.75) is 26.7 Å². The van der Waals surface area contributed by atoms with Gasteiger partial charge in [0.15, 0.2) is 0 Å². The first-order valence-electron chi connectivity index (χ1n) is 7.45. The number of anilines is 1. The van der Waals surface area contributed by atoms with Crippen LogP contribution >= 0.6 is 0 Å². The second-order valence-electron chi connectivity index (χ2n) is 5.31. The molecule has 0 aliphatic carbocycles. The van der Waals surface area contributed by atoms with Crippen molar-refractivity contribution in [3.8, 4) is 5.69 Å². The number of hydrogen-bond donors (Lipinski definition) is 1. The van der Waals surface area contributed by atoms with Crippen LogP contribution in [0.1, 0.15) is 23.4 Å². The van der Waals surface area contributed by atoms with Crippen LogP contribution < -0.4 is 5.32 Å². The summed E-state index contributed by atoms with van der Waals surface area (Å²) < 4.78 is 6.95. The fraction of sp³-hybridized carbons (Fsp3) is 0.235. The van der Waals surface area contributed by atoms with Gasteiger partial charge in [-0.3, -0.25) is 14.7 Å². The highest BCUT2D eigenvalue weighted by atomic mass is 16.5. The first kappa shape index (κ1) is 15.0. The molecule has 3 rings (SSSR count). The van der Waals surface area contributed by atoms with Gasteiger partial charge >= 0.3 is 0 Å². The van der Waals surface area contributed by atoms with Gasteiger partial charge in [0.25, 0.3) is 0 Å². The van der Waals surface area contributed by atoms with E-state index in [0.717, 1.165) is 22.7 Å². The minimum atomic E-state index is -0.0895. The Balaban J connectivity index is 1.66. The van der Waals surface area contributed by atoms with Crippen LogP contribution in [-0.4, -0.2) is 20.6 Å². The van der Waals surface area contributed by atoms with Gasteiger partial charge in [0.1, 0.15) is 5.76 Å². The molecule has 1 aromatic carbocycles. The van der Waals surface area contributed by atoms with E-state index in [1.165, 1.54) is 0 Å². The van der Waals surface area contributed by atoms with Crippen molar-refractivity contribution in [3.05, 3.63) is 59.7 Å². The third kappa shape index (κ3) is 3.31. The van der Waals surface area contributed by atoms with Gasteiger partial charge in [-0.2, -0.15) is 0 Å². The summed E-state index contributed by atoms with van der Waals surface area (Å²) in [6.45, 7) is 3.74. The average molecular weight is 310 g/mol. The summed E-state index contributed by atoms with van der Waals surface area (Å²) in [5.74, 6) is 1.19. The molecule has 0 radical (unpaired) electrons. The Morgan fingerprint density at radius 3 is 2.74 bits per heavy atom. The number of aromatic nitrogens is 3. The van der Waals surface area contributed by atoms with Gasteiger partial charge < -0.3 is 4.52 Å². The SMILES string of the molecule is Cc1noc(C)c1CCC(=O)Nc1nccn1-c1ccccc1. The highest BCUT2D eigenvalue weighted by Gasteiger charge is 2.13. The van der Waals surface area contributed by atoms with Crippen LogP contribution in [0.4, 0.5) is 5.95 Å². The van der Waals surface area contributed by atoms with Gasteiger partial charge in [0, 0.05) is 30.1 Å². The molecule has 0 aliphatic heterocycles.